The van der Waals surface area contributed by atoms with Gasteiger partial charge in [-0.2, -0.15) is 0 Å². The molecule has 0 aliphatic heterocycles. The Balaban J connectivity index is 2.13. The van der Waals surface area contributed by atoms with Gasteiger partial charge in [0.25, 0.3) is 0 Å². The second-order valence-corrected chi connectivity index (χ2v) is 7.95. The van der Waals surface area contributed by atoms with Crippen molar-refractivity contribution < 1.29 is 9.59 Å². The molecule has 0 spiro atoms. The first-order chi connectivity index (χ1) is 12.6. The number of nitrogens with two attached hydrogens (primary N) is 1. The Labute approximate surface area is 161 Å². The van der Waals surface area contributed by atoms with E-state index in [4.69, 9.17) is 5.73 Å². The molecule has 5 heteroatoms. The molecule has 2 rings (SSSR count). The van der Waals surface area contributed by atoms with Crippen molar-refractivity contribution >= 4 is 23.2 Å². The maximum absolute atomic E-state index is 12.7. The molecule has 0 fully saturated rings. The molecule has 0 aliphatic rings. The third-order valence-corrected chi connectivity index (χ3v) is 4.57. The number of amides is 2. The van der Waals surface area contributed by atoms with Crippen molar-refractivity contribution in [3.63, 3.8) is 0 Å². The van der Waals surface area contributed by atoms with Gasteiger partial charge in [-0.25, -0.2) is 0 Å². The number of anilines is 2. The van der Waals surface area contributed by atoms with Crippen LogP contribution < -0.4 is 16.4 Å². The van der Waals surface area contributed by atoms with Gasteiger partial charge >= 0.3 is 0 Å². The zero-order valence-corrected chi connectivity index (χ0v) is 16.7. The highest BCUT2D eigenvalue weighted by Crippen LogP contribution is 2.25. The quantitative estimate of drug-likeness (QED) is 0.738. The van der Waals surface area contributed by atoms with Crippen LogP contribution in [0, 0.1) is 18.3 Å². The molecule has 2 atom stereocenters. The third kappa shape index (κ3) is 5.41. The smallest absolute Gasteiger partial charge is 0.229 e. The fraction of sp³-hybridized carbons (Fsp3) is 0.364. The Morgan fingerprint density at radius 3 is 2.22 bits per heavy atom. The lowest BCUT2D eigenvalue weighted by molar-refractivity contribution is -0.123. The van der Waals surface area contributed by atoms with E-state index < -0.39 is 17.4 Å². The average Bonchev–Trinajstić information content (AvgIpc) is 2.63. The highest BCUT2D eigenvalue weighted by atomic mass is 16.2. The summed E-state index contributed by atoms with van der Waals surface area (Å²) in [5.74, 6) is -0.642. The predicted molar refractivity (Wildman–Crippen MR) is 110 cm³/mol. The topological polar surface area (TPSA) is 84.2 Å². The zero-order valence-electron chi connectivity index (χ0n) is 16.7. The third-order valence-electron chi connectivity index (χ3n) is 4.57. The zero-order chi connectivity index (χ0) is 20.2. The van der Waals surface area contributed by atoms with Crippen LogP contribution in [-0.2, 0) is 9.59 Å². The first-order valence-electron chi connectivity index (χ1n) is 9.13. The second kappa shape index (κ2) is 8.35. The number of carbonyl (C=O) groups is 2. The number of hydrogen-bond acceptors (Lipinski definition) is 3. The van der Waals surface area contributed by atoms with Crippen LogP contribution in [0.1, 0.15) is 44.9 Å². The highest BCUT2D eigenvalue weighted by molar-refractivity contribution is 5.97. The van der Waals surface area contributed by atoms with Crippen molar-refractivity contribution in [3.8, 4) is 0 Å². The van der Waals surface area contributed by atoms with E-state index in [1.807, 2.05) is 77.1 Å². The summed E-state index contributed by atoms with van der Waals surface area (Å²) in [6, 6.07) is 14.7. The van der Waals surface area contributed by atoms with Crippen LogP contribution in [0.15, 0.2) is 48.5 Å². The maximum Gasteiger partial charge on any atom is 0.229 e. The molecule has 5 nitrogen and oxygen atoms in total. The summed E-state index contributed by atoms with van der Waals surface area (Å²) in [4.78, 5) is 24.9. The summed E-state index contributed by atoms with van der Waals surface area (Å²) < 4.78 is 0. The lowest BCUT2D eigenvalue weighted by atomic mass is 9.94. The van der Waals surface area contributed by atoms with Crippen molar-refractivity contribution in [1.29, 1.82) is 0 Å². The molecule has 0 saturated carbocycles. The van der Waals surface area contributed by atoms with Gasteiger partial charge in [0.2, 0.25) is 11.8 Å². The molecule has 27 heavy (non-hydrogen) atoms. The van der Waals surface area contributed by atoms with E-state index >= 15 is 0 Å². The minimum absolute atomic E-state index is 0.0805. The fourth-order valence-electron chi connectivity index (χ4n) is 2.53. The first kappa shape index (κ1) is 20.6. The second-order valence-electron chi connectivity index (χ2n) is 7.95. The summed E-state index contributed by atoms with van der Waals surface area (Å²) in [7, 11) is 0. The number of carbonyl (C=O) groups excluding carboxylic acids is 2. The normalized spacial score (nSPS) is 13.6. The standard InChI is InChI=1S/C22H29N3O2/c1-14-11-12-17(24-21(27)22(3,4)5)13-18(14)25-20(26)15(2)19(23)16-9-7-6-8-10-16/h6-13,15,19H,23H2,1-5H3,(H,24,27)(H,25,26). The predicted octanol–water partition coefficient (Wildman–Crippen LogP) is 4.25. The van der Waals surface area contributed by atoms with Crippen molar-refractivity contribution in [3.05, 3.63) is 59.7 Å². The van der Waals surface area contributed by atoms with Crippen molar-refractivity contribution in [1.82, 2.24) is 0 Å². The number of hydrogen-bond donors (Lipinski definition) is 3. The summed E-state index contributed by atoms with van der Waals surface area (Å²) in [5, 5.41) is 5.83. The van der Waals surface area contributed by atoms with E-state index in [0.717, 1.165) is 11.1 Å². The largest absolute Gasteiger partial charge is 0.326 e. The number of rotatable bonds is 5. The van der Waals surface area contributed by atoms with Crippen LogP contribution >= 0.6 is 0 Å². The van der Waals surface area contributed by atoms with Crippen LogP contribution in [0.2, 0.25) is 0 Å². The molecule has 2 aromatic rings. The van der Waals surface area contributed by atoms with Gasteiger partial charge in [-0.3, -0.25) is 9.59 Å². The van der Waals surface area contributed by atoms with Gasteiger partial charge in [0.15, 0.2) is 0 Å². The van der Waals surface area contributed by atoms with E-state index in [1.165, 1.54) is 0 Å². The summed E-state index contributed by atoms with van der Waals surface area (Å²) in [6.07, 6.45) is 0. The van der Waals surface area contributed by atoms with E-state index in [-0.39, 0.29) is 11.8 Å². The van der Waals surface area contributed by atoms with E-state index in [1.54, 1.807) is 6.07 Å². The SMILES string of the molecule is Cc1ccc(NC(=O)C(C)(C)C)cc1NC(=O)C(C)C(N)c1ccccc1. The number of nitrogens with one attached hydrogen (secondary N) is 2. The molecule has 0 bridgehead atoms. The molecule has 0 aromatic heterocycles. The van der Waals surface area contributed by atoms with Crippen molar-refractivity contribution in [2.75, 3.05) is 10.6 Å². The number of aryl methyl sites for hydroxylation is 1. The van der Waals surface area contributed by atoms with Crippen LogP contribution in [0.4, 0.5) is 11.4 Å². The lowest BCUT2D eigenvalue weighted by Crippen LogP contribution is -2.31. The number of benzene rings is 2. The first-order valence-corrected chi connectivity index (χ1v) is 9.13. The fourth-order valence-corrected chi connectivity index (χ4v) is 2.53. The summed E-state index contributed by atoms with van der Waals surface area (Å²) >= 11 is 0. The van der Waals surface area contributed by atoms with Gasteiger partial charge in [0.1, 0.15) is 0 Å². The minimum Gasteiger partial charge on any atom is -0.326 e. The van der Waals surface area contributed by atoms with E-state index in [9.17, 15) is 9.59 Å². The Kier molecular flexibility index (Phi) is 6.39. The molecule has 144 valence electrons. The van der Waals surface area contributed by atoms with Crippen LogP contribution in [0.3, 0.4) is 0 Å². The van der Waals surface area contributed by atoms with E-state index in [2.05, 4.69) is 10.6 Å². The molecular formula is C22H29N3O2. The van der Waals surface area contributed by atoms with Crippen LogP contribution in [0.25, 0.3) is 0 Å². The summed E-state index contributed by atoms with van der Waals surface area (Å²) in [5.41, 5.74) is 8.91. The minimum atomic E-state index is -0.495. The molecule has 2 aromatic carbocycles. The molecule has 0 saturated heterocycles. The molecular weight excluding hydrogens is 338 g/mol. The molecule has 0 heterocycles. The Hall–Kier alpha value is -2.66. The van der Waals surface area contributed by atoms with Gasteiger partial charge < -0.3 is 16.4 Å². The highest BCUT2D eigenvalue weighted by Gasteiger charge is 2.24. The molecule has 4 N–H and O–H groups in total. The van der Waals surface area contributed by atoms with Gasteiger partial charge in [-0.15, -0.1) is 0 Å². The van der Waals surface area contributed by atoms with Crippen LogP contribution in [-0.4, -0.2) is 11.8 Å². The van der Waals surface area contributed by atoms with Crippen molar-refractivity contribution in [2.24, 2.45) is 17.1 Å². The van der Waals surface area contributed by atoms with Gasteiger partial charge in [-0.05, 0) is 30.2 Å². The van der Waals surface area contributed by atoms with Crippen LogP contribution in [0.5, 0.6) is 0 Å². The Morgan fingerprint density at radius 2 is 1.63 bits per heavy atom. The van der Waals surface area contributed by atoms with E-state index in [0.29, 0.717) is 11.4 Å². The Bertz CT molecular complexity index is 810. The lowest BCUT2D eigenvalue weighted by Gasteiger charge is -2.21. The average molecular weight is 367 g/mol. The van der Waals surface area contributed by atoms with Gasteiger partial charge in [-0.1, -0.05) is 64.1 Å². The summed E-state index contributed by atoms with van der Waals surface area (Å²) in [6.45, 7) is 9.28. The monoisotopic (exact) mass is 367 g/mol. The van der Waals surface area contributed by atoms with Gasteiger partial charge in [0, 0.05) is 22.8 Å². The molecule has 0 radical (unpaired) electrons. The molecule has 2 unspecified atom stereocenters. The van der Waals surface area contributed by atoms with Gasteiger partial charge in [0.05, 0.1) is 5.92 Å². The molecule has 0 aliphatic carbocycles. The van der Waals surface area contributed by atoms with Crippen molar-refractivity contribution in [2.45, 2.75) is 40.7 Å². The Morgan fingerprint density at radius 1 is 1.00 bits per heavy atom. The maximum atomic E-state index is 12.7. The molecule has 2 amide bonds.